The Hall–Kier alpha value is -2.60. The molecule has 130 valence electrons. The van der Waals surface area contributed by atoms with Crippen molar-refractivity contribution in [3.05, 3.63) is 51.9 Å². The van der Waals surface area contributed by atoms with E-state index in [9.17, 15) is 0 Å². The topological polar surface area (TPSA) is 89.9 Å². The summed E-state index contributed by atoms with van der Waals surface area (Å²) in [4.78, 5) is 8.59. The predicted octanol–water partition coefficient (Wildman–Crippen LogP) is 3.95. The largest absolute Gasteiger partial charge is 0.370 e. The monoisotopic (exact) mass is 357 g/mol. The zero-order valence-electron chi connectivity index (χ0n) is 14.4. The highest BCUT2D eigenvalue weighted by Gasteiger charge is 2.11. The van der Waals surface area contributed by atoms with Gasteiger partial charge >= 0.3 is 0 Å². The molecule has 0 spiro atoms. The van der Waals surface area contributed by atoms with Gasteiger partial charge in [-0.25, -0.2) is 4.98 Å². The molecule has 0 fully saturated rings. The molecule has 7 heteroatoms. The van der Waals surface area contributed by atoms with Gasteiger partial charge in [0.25, 0.3) is 0 Å². The first-order valence-electron chi connectivity index (χ1n) is 8.01. The number of benzene rings is 1. The standard InChI is InChI=1S/C18H20ClN5O/c1-10-13(5-4-6-15(10)19)16-9-17(23-18(20)22-16)21-8-7-14-11(2)24-25-12(14)3/h4-6,9H,7-8H2,1-3H3,(H3,20,21,22,23). The molecular formula is C18H20ClN5O. The van der Waals surface area contributed by atoms with E-state index >= 15 is 0 Å². The predicted molar refractivity (Wildman–Crippen MR) is 99.8 cm³/mol. The summed E-state index contributed by atoms with van der Waals surface area (Å²) >= 11 is 6.21. The molecule has 3 rings (SSSR count). The number of halogens is 1. The van der Waals surface area contributed by atoms with Gasteiger partial charge in [-0.2, -0.15) is 4.98 Å². The quantitative estimate of drug-likeness (QED) is 0.718. The Morgan fingerprint density at radius 2 is 2.00 bits per heavy atom. The first-order valence-corrected chi connectivity index (χ1v) is 8.39. The van der Waals surface area contributed by atoms with Crippen molar-refractivity contribution in [3.8, 4) is 11.3 Å². The van der Waals surface area contributed by atoms with Gasteiger partial charge in [-0.15, -0.1) is 0 Å². The summed E-state index contributed by atoms with van der Waals surface area (Å²) < 4.78 is 5.18. The average molecular weight is 358 g/mol. The maximum atomic E-state index is 6.21. The second-order valence-corrected chi connectivity index (χ2v) is 6.30. The van der Waals surface area contributed by atoms with Crippen molar-refractivity contribution < 1.29 is 4.52 Å². The maximum absolute atomic E-state index is 6.21. The lowest BCUT2D eigenvalue weighted by Crippen LogP contribution is -2.09. The number of nitrogens with one attached hydrogen (secondary N) is 1. The van der Waals surface area contributed by atoms with Gasteiger partial charge < -0.3 is 15.6 Å². The molecule has 0 bridgehead atoms. The molecule has 0 amide bonds. The van der Waals surface area contributed by atoms with Crippen LogP contribution in [-0.2, 0) is 6.42 Å². The molecule has 3 N–H and O–H groups in total. The summed E-state index contributed by atoms with van der Waals surface area (Å²) in [6.07, 6.45) is 0.788. The lowest BCUT2D eigenvalue weighted by Gasteiger charge is -2.11. The Bertz CT molecular complexity index is 887. The average Bonchev–Trinajstić information content (AvgIpc) is 2.89. The fourth-order valence-corrected chi connectivity index (χ4v) is 2.93. The fourth-order valence-electron chi connectivity index (χ4n) is 2.75. The SMILES string of the molecule is Cc1noc(C)c1CCNc1cc(-c2cccc(Cl)c2C)nc(N)n1. The number of aryl methyl sites for hydroxylation is 2. The van der Waals surface area contributed by atoms with Crippen LogP contribution in [-0.4, -0.2) is 21.7 Å². The number of nitrogens with two attached hydrogens (primary N) is 1. The Kier molecular flexibility index (Phi) is 4.90. The molecule has 2 heterocycles. The third-order valence-corrected chi connectivity index (χ3v) is 4.56. The summed E-state index contributed by atoms with van der Waals surface area (Å²) in [6, 6.07) is 7.60. The fraction of sp³-hybridized carbons (Fsp3) is 0.278. The third kappa shape index (κ3) is 3.74. The van der Waals surface area contributed by atoms with Gasteiger partial charge in [0, 0.05) is 28.8 Å². The van der Waals surface area contributed by atoms with Gasteiger partial charge in [0.15, 0.2) is 0 Å². The van der Waals surface area contributed by atoms with Gasteiger partial charge in [0.1, 0.15) is 11.6 Å². The van der Waals surface area contributed by atoms with Gasteiger partial charge in [-0.05, 0) is 38.8 Å². The molecule has 0 aliphatic heterocycles. The molecule has 6 nitrogen and oxygen atoms in total. The smallest absolute Gasteiger partial charge is 0.222 e. The van der Waals surface area contributed by atoms with E-state index in [4.69, 9.17) is 21.9 Å². The van der Waals surface area contributed by atoms with E-state index in [1.807, 2.05) is 45.0 Å². The van der Waals surface area contributed by atoms with Crippen LogP contribution < -0.4 is 11.1 Å². The second-order valence-electron chi connectivity index (χ2n) is 5.89. The van der Waals surface area contributed by atoms with E-state index < -0.39 is 0 Å². The first-order chi connectivity index (χ1) is 12.0. The molecule has 1 aromatic carbocycles. The molecule has 0 saturated heterocycles. The molecule has 0 atom stereocenters. The molecule has 0 saturated carbocycles. The summed E-state index contributed by atoms with van der Waals surface area (Å²) in [5.74, 6) is 1.74. The first kappa shape index (κ1) is 17.2. The van der Waals surface area contributed by atoms with Gasteiger partial charge in [0.05, 0.1) is 11.4 Å². The Labute approximate surface area is 151 Å². The highest BCUT2D eigenvalue weighted by molar-refractivity contribution is 6.31. The van der Waals surface area contributed by atoms with Crippen LogP contribution >= 0.6 is 11.6 Å². The van der Waals surface area contributed by atoms with Crippen LogP contribution in [0.1, 0.15) is 22.6 Å². The molecule has 0 aliphatic rings. The number of nitrogen functional groups attached to an aromatic ring is 1. The summed E-state index contributed by atoms with van der Waals surface area (Å²) in [7, 11) is 0. The number of rotatable bonds is 5. The Morgan fingerprint density at radius 3 is 2.72 bits per heavy atom. The number of aromatic nitrogens is 3. The molecule has 3 aromatic rings. The summed E-state index contributed by atoms with van der Waals surface area (Å²) in [5, 5.41) is 7.95. The normalized spacial score (nSPS) is 10.9. The Morgan fingerprint density at radius 1 is 1.20 bits per heavy atom. The van der Waals surface area contributed by atoms with E-state index in [1.54, 1.807) is 0 Å². The second kappa shape index (κ2) is 7.11. The van der Waals surface area contributed by atoms with Crippen LogP contribution in [0.25, 0.3) is 11.3 Å². The van der Waals surface area contributed by atoms with E-state index in [0.717, 1.165) is 40.3 Å². The van der Waals surface area contributed by atoms with Gasteiger partial charge in [-0.1, -0.05) is 28.9 Å². The van der Waals surface area contributed by atoms with E-state index in [-0.39, 0.29) is 5.95 Å². The van der Waals surface area contributed by atoms with Crippen LogP contribution in [0.5, 0.6) is 0 Å². The zero-order valence-corrected chi connectivity index (χ0v) is 15.2. The van der Waals surface area contributed by atoms with Crippen molar-refractivity contribution in [1.82, 2.24) is 15.1 Å². The number of anilines is 2. The molecule has 0 unspecified atom stereocenters. The van der Waals surface area contributed by atoms with E-state index in [0.29, 0.717) is 17.4 Å². The zero-order chi connectivity index (χ0) is 18.0. The number of nitrogens with zero attached hydrogens (tertiary/aromatic N) is 3. The van der Waals surface area contributed by atoms with E-state index in [1.165, 1.54) is 0 Å². The van der Waals surface area contributed by atoms with Gasteiger partial charge in [-0.3, -0.25) is 0 Å². The van der Waals surface area contributed by atoms with Crippen molar-refractivity contribution in [2.24, 2.45) is 0 Å². The van der Waals surface area contributed by atoms with Crippen molar-refractivity contribution in [2.45, 2.75) is 27.2 Å². The summed E-state index contributed by atoms with van der Waals surface area (Å²) in [6.45, 7) is 6.50. The number of hydrogen-bond acceptors (Lipinski definition) is 6. The summed E-state index contributed by atoms with van der Waals surface area (Å²) in [5.41, 5.74) is 10.5. The van der Waals surface area contributed by atoms with Gasteiger partial charge in [0.2, 0.25) is 5.95 Å². The van der Waals surface area contributed by atoms with Crippen molar-refractivity contribution in [3.63, 3.8) is 0 Å². The Balaban J connectivity index is 1.79. The van der Waals surface area contributed by atoms with Crippen LogP contribution in [0.15, 0.2) is 28.8 Å². The minimum absolute atomic E-state index is 0.219. The van der Waals surface area contributed by atoms with Crippen LogP contribution in [0.2, 0.25) is 5.02 Å². The molecule has 2 aromatic heterocycles. The van der Waals surface area contributed by atoms with Crippen molar-refractivity contribution in [2.75, 3.05) is 17.6 Å². The molecular weight excluding hydrogens is 338 g/mol. The van der Waals surface area contributed by atoms with Crippen molar-refractivity contribution in [1.29, 1.82) is 0 Å². The van der Waals surface area contributed by atoms with Crippen LogP contribution in [0.4, 0.5) is 11.8 Å². The maximum Gasteiger partial charge on any atom is 0.222 e. The van der Waals surface area contributed by atoms with E-state index in [2.05, 4.69) is 20.4 Å². The minimum Gasteiger partial charge on any atom is -0.370 e. The van der Waals surface area contributed by atoms with Crippen LogP contribution in [0, 0.1) is 20.8 Å². The lowest BCUT2D eigenvalue weighted by molar-refractivity contribution is 0.392. The van der Waals surface area contributed by atoms with Crippen LogP contribution in [0.3, 0.4) is 0 Å². The van der Waals surface area contributed by atoms with Crippen molar-refractivity contribution >= 4 is 23.4 Å². The highest BCUT2D eigenvalue weighted by Crippen LogP contribution is 2.28. The highest BCUT2D eigenvalue weighted by atomic mass is 35.5. The molecule has 0 aliphatic carbocycles. The third-order valence-electron chi connectivity index (χ3n) is 4.15. The molecule has 25 heavy (non-hydrogen) atoms. The molecule has 0 radical (unpaired) electrons. The lowest BCUT2D eigenvalue weighted by atomic mass is 10.1. The number of hydrogen-bond donors (Lipinski definition) is 2. The minimum atomic E-state index is 0.219.